The first-order valence-corrected chi connectivity index (χ1v) is 12.4. The van der Waals surface area contributed by atoms with Crippen LogP contribution in [0.1, 0.15) is 62.0 Å². The predicted molar refractivity (Wildman–Crippen MR) is 135 cm³/mol. The number of hydrogen-bond acceptors (Lipinski definition) is 5. The molecule has 7 heteroatoms. The van der Waals surface area contributed by atoms with Crippen LogP contribution in [0.15, 0.2) is 54.6 Å². The number of rotatable bonds is 8. The smallest absolute Gasteiger partial charge is 0.340 e. The highest BCUT2D eigenvalue weighted by Crippen LogP contribution is 2.42. The number of hydrogen-bond donors (Lipinski definition) is 1. The standard InChI is InChI=1S/C29H32FNO5/c1-4-35-29(34)26-25(19-8-6-5-7-9-19)27(18(2)3)31(28(26)20-10-12-21(30)13-11-20)15-14-23-16-22(32)17-24(33)36-23/h5-13,18,22-23,32H,4,14-17H2,1-3H3/t22-,23-/m1/s1. The van der Waals surface area contributed by atoms with Crippen molar-refractivity contribution in [1.29, 1.82) is 0 Å². The summed E-state index contributed by atoms with van der Waals surface area (Å²) in [6.07, 6.45) is -0.329. The van der Waals surface area contributed by atoms with E-state index in [0.29, 0.717) is 36.2 Å². The van der Waals surface area contributed by atoms with Gasteiger partial charge in [-0.05, 0) is 48.2 Å². The van der Waals surface area contributed by atoms with Crippen LogP contribution in [0, 0.1) is 5.82 Å². The van der Waals surface area contributed by atoms with E-state index in [4.69, 9.17) is 9.47 Å². The highest BCUT2D eigenvalue weighted by atomic mass is 19.1. The molecular formula is C29H32FNO5. The minimum absolute atomic E-state index is 0.00323. The molecule has 190 valence electrons. The monoisotopic (exact) mass is 493 g/mol. The van der Waals surface area contributed by atoms with Crippen molar-refractivity contribution >= 4 is 11.9 Å². The largest absolute Gasteiger partial charge is 0.462 e. The average molecular weight is 494 g/mol. The molecule has 1 aliphatic rings. The summed E-state index contributed by atoms with van der Waals surface area (Å²) in [5.74, 6) is -1.20. The number of ether oxygens (including phenoxy) is 2. The Labute approximate surface area is 210 Å². The molecule has 1 N–H and O–H groups in total. The Bertz CT molecular complexity index is 1220. The van der Waals surface area contributed by atoms with Crippen LogP contribution in [0.4, 0.5) is 4.39 Å². The molecule has 0 saturated carbocycles. The first kappa shape index (κ1) is 25.6. The molecule has 1 saturated heterocycles. The van der Waals surface area contributed by atoms with Crippen molar-refractivity contribution in [1.82, 2.24) is 4.57 Å². The Morgan fingerprint density at radius 2 is 1.83 bits per heavy atom. The third-order valence-corrected chi connectivity index (χ3v) is 6.42. The summed E-state index contributed by atoms with van der Waals surface area (Å²) in [6.45, 7) is 6.54. The van der Waals surface area contributed by atoms with E-state index in [0.717, 1.165) is 16.8 Å². The van der Waals surface area contributed by atoms with Crippen molar-refractivity contribution in [3.63, 3.8) is 0 Å². The van der Waals surface area contributed by atoms with Gasteiger partial charge in [0.1, 0.15) is 11.9 Å². The van der Waals surface area contributed by atoms with Gasteiger partial charge in [-0.3, -0.25) is 4.79 Å². The fourth-order valence-corrected chi connectivity index (χ4v) is 4.99. The number of aliphatic hydroxyl groups is 1. The van der Waals surface area contributed by atoms with E-state index in [1.807, 2.05) is 30.3 Å². The maximum atomic E-state index is 13.9. The zero-order chi connectivity index (χ0) is 25.8. The van der Waals surface area contributed by atoms with E-state index in [-0.39, 0.29) is 24.8 Å². The van der Waals surface area contributed by atoms with Gasteiger partial charge in [0, 0.05) is 30.6 Å². The molecule has 0 aliphatic carbocycles. The summed E-state index contributed by atoms with van der Waals surface area (Å²) in [4.78, 5) is 25.4. The van der Waals surface area contributed by atoms with Crippen LogP contribution < -0.4 is 0 Å². The molecule has 36 heavy (non-hydrogen) atoms. The van der Waals surface area contributed by atoms with Crippen molar-refractivity contribution in [2.75, 3.05) is 6.61 Å². The quantitative estimate of drug-likeness (QED) is 0.406. The fourth-order valence-electron chi connectivity index (χ4n) is 4.99. The summed E-state index contributed by atoms with van der Waals surface area (Å²) in [5, 5.41) is 10.1. The van der Waals surface area contributed by atoms with Gasteiger partial charge in [-0.1, -0.05) is 44.2 Å². The number of aromatic nitrogens is 1. The number of carbonyl (C=O) groups excluding carboxylic acids is 2. The van der Waals surface area contributed by atoms with E-state index in [1.54, 1.807) is 19.1 Å². The molecule has 0 bridgehead atoms. The van der Waals surface area contributed by atoms with Crippen LogP contribution in [0.2, 0.25) is 0 Å². The van der Waals surface area contributed by atoms with Gasteiger partial charge in [0.2, 0.25) is 0 Å². The van der Waals surface area contributed by atoms with Crippen molar-refractivity contribution in [2.45, 2.75) is 64.7 Å². The molecule has 1 aromatic heterocycles. The van der Waals surface area contributed by atoms with E-state index in [2.05, 4.69) is 18.4 Å². The molecule has 6 nitrogen and oxygen atoms in total. The maximum absolute atomic E-state index is 13.9. The molecule has 2 heterocycles. The fraction of sp³-hybridized carbons (Fsp3) is 0.379. The van der Waals surface area contributed by atoms with E-state index < -0.39 is 24.1 Å². The molecule has 2 aromatic carbocycles. The molecule has 2 atom stereocenters. The van der Waals surface area contributed by atoms with Gasteiger partial charge in [0.15, 0.2) is 0 Å². The molecule has 4 rings (SSSR count). The van der Waals surface area contributed by atoms with Crippen molar-refractivity contribution < 1.29 is 28.6 Å². The number of cyclic esters (lactones) is 1. The number of nitrogens with zero attached hydrogens (tertiary/aromatic N) is 1. The third kappa shape index (κ3) is 5.36. The minimum atomic E-state index is -0.725. The number of esters is 2. The summed E-state index contributed by atoms with van der Waals surface area (Å²) in [6, 6.07) is 15.8. The SMILES string of the molecule is CCOC(=O)c1c(-c2ccccc2)c(C(C)C)n(CC[C@@H]2C[C@@H](O)CC(=O)O2)c1-c1ccc(F)cc1. The van der Waals surface area contributed by atoms with Crippen LogP contribution in [0.25, 0.3) is 22.4 Å². The van der Waals surface area contributed by atoms with Crippen molar-refractivity contribution in [3.8, 4) is 22.4 Å². The zero-order valence-electron chi connectivity index (χ0n) is 20.9. The van der Waals surface area contributed by atoms with Gasteiger partial charge in [-0.2, -0.15) is 0 Å². The molecule has 0 radical (unpaired) electrons. The van der Waals surface area contributed by atoms with Gasteiger partial charge in [0.05, 0.1) is 30.4 Å². The van der Waals surface area contributed by atoms with Crippen molar-refractivity contribution in [2.24, 2.45) is 0 Å². The Balaban J connectivity index is 1.93. The molecular weight excluding hydrogens is 461 g/mol. The van der Waals surface area contributed by atoms with Gasteiger partial charge in [-0.15, -0.1) is 0 Å². The Kier molecular flexibility index (Phi) is 7.89. The zero-order valence-corrected chi connectivity index (χ0v) is 20.9. The lowest BCUT2D eigenvalue weighted by Gasteiger charge is -2.27. The molecule has 0 unspecified atom stereocenters. The molecule has 1 aliphatic heterocycles. The average Bonchev–Trinajstić information content (AvgIpc) is 3.19. The van der Waals surface area contributed by atoms with Crippen LogP contribution in [-0.2, 0) is 20.8 Å². The highest BCUT2D eigenvalue weighted by Gasteiger charge is 2.32. The second-order valence-corrected chi connectivity index (χ2v) is 9.38. The second-order valence-electron chi connectivity index (χ2n) is 9.38. The van der Waals surface area contributed by atoms with Gasteiger partial charge < -0.3 is 19.1 Å². The topological polar surface area (TPSA) is 77.8 Å². The lowest BCUT2D eigenvalue weighted by molar-refractivity contribution is -0.160. The first-order valence-electron chi connectivity index (χ1n) is 12.4. The summed E-state index contributed by atoms with van der Waals surface area (Å²) in [7, 11) is 0. The first-order chi connectivity index (χ1) is 17.3. The lowest BCUT2D eigenvalue weighted by Crippen LogP contribution is -2.33. The van der Waals surface area contributed by atoms with Crippen molar-refractivity contribution in [3.05, 3.63) is 71.7 Å². The van der Waals surface area contributed by atoms with E-state index >= 15 is 0 Å². The van der Waals surface area contributed by atoms with Crippen LogP contribution >= 0.6 is 0 Å². The predicted octanol–water partition coefficient (Wildman–Crippen LogP) is 5.72. The molecule has 0 amide bonds. The number of aliphatic hydroxyl groups excluding tert-OH is 1. The third-order valence-electron chi connectivity index (χ3n) is 6.42. The highest BCUT2D eigenvalue weighted by molar-refractivity contribution is 6.05. The summed E-state index contributed by atoms with van der Waals surface area (Å²) in [5.41, 5.74) is 4.35. The van der Waals surface area contributed by atoms with Crippen LogP contribution in [0.3, 0.4) is 0 Å². The minimum Gasteiger partial charge on any atom is -0.462 e. The number of carbonyl (C=O) groups is 2. The second kappa shape index (κ2) is 11.1. The Morgan fingerprint density at radius 1 is 1.14 bits per heavy atom. The van der Waals surface area contributed by atoms with Gasteiger partial charge in [-0.25, -0.2) is 9.18 Å². The number of halogens is 1. The lowest BCUT2D eigenvalue weighted by atomic mass is 9.94. The summed E-state index contributed by atoms with van der Waals surface area (Å²) >= 11 is 0. The van der Waals surface area contributed by atoms with Crippen LogP contribution in [0.5, 0.6) is 0 Å². The van der Waals surface area contributed by atoms with Crippen LogP contribution in [-0.4, -0.2) is 40.4 Å². The normalized spacial score (nSPS) is 17.8. The van der Waals surface area contributed by atoms with E-state index in [9.17, 15) is 19.1 Å². The van der Waals surface area contributed by atoms with E-state index in [1.165, 1.54) is 12.1 Å². The Hall–Kier alpha value is -3.45. The number of benzene rings is 2. The summed E-state index contributed by atoms with van der Waals surface area (Å²) < 4.78 is 26.9. The molecule has 3 aromatic rings. The molecule has 1 fully saturated rings. The Morgan fingerprint density at radius 3 is 2.44 bits per heavy atom. The maximum Gasteiger partial charge on any atom is 0.340 e. The van der Waals surface area contributed by atoms with Gasteiger partial charge in [0.25, 0.3) is 0 Å². The van der Waals surface area contributed by atoms with Gasteiger partial charge >= 0.3 is 11.9 Å². The molecule has 0 spiro atoms.